The molecule has 10 heteroatoms. The lowest BCUT2D eigenvalue weighted by molar-refractivity contribution is -0.00433. The number of amides is 1. The zero-order valence-electron chi connectivity index (χ0n) is 27.3. The molecule has 0 aliphatic heterocycles. The summed E-state index contributed by atoms with van der Waals surface area (Å²) in [7, 11) is 1.47. The Morgan fingerprint density at radius 3 is 1.95 bits per heavy atom. The van der Waals surface area contributed by atoms with Crippen molar-refractivity contribution in [1.29, 1.82) is 0 Å². The lowest BCUT2D eigenvalue weighted by Gasteiger charge is -2.16. The van der Waals surface area contributed by atoms with Gasteiger partial charge in [0.15, 0.2) is 5.78 Å². The van der Waals surface area contributed by atoms with Crippen molar-refractivity contribution in [3.8, 4) is 0 Å². The van der Waals surface area contributed by atoms with Crippen LogP contribution in [0.1, 0.15) is 138 Å². The summed E-state index contributed by atoms with van der Waals surface area (Å²) in [5, 5.41) is 5.45. The van der Waals surface area contributed by atoms with E-state index in [1.54, 1.807) is 12.3 Å². The van der Waals surface area contributed by atoms with E-state index in [2.05, 4.69) is 17.2 Å². The van der Waals surface area contributed by atoms with Gasteiger partial charge in [-0.3, -0.25) is 9.36 Å². The number of carbonyl (C=O) groups is 3. The van der Waals surface area contributed by atoms with E-state index >= 15 is 0 Å². The molecule has 2 rings (SSSR count). The number of carbonyl (C=O) groups excluding carboxylic acids is 3. The summed E-state index contributed by atoms with van der Waals surface area (Å²) in [6, 6.07) is 1.67. The topological polar surface area (TPSA) is 109 Å². The van der Waals surface area contributed by atoms with E-state index in [0.717, 1.165) is 17.8 Å². The molecule has 0 spiro atoms. The third-order valence-corrected chi connectivity index (χ3v) is 8.52. The number of nitrogens with one attached hydrogen (secondary N) is 1. The standard InChI is InChI=1S/C34H55N3O6S/c1-4-5-6-7-8-9-10-11-12-13-14-15-16-17-18-19-20-36-33(39)42-26-31(41-3)27-43-34(40)37-25-29(28(2)38)23-30(37)24-32-35-21-22-44-32/h21-23,25,31H,4-20,24,26-27H2,1-3H3,(H,36,39). The van der Waals surface area contributed by atoms with Gasteiger partial charge in [0.2, 0.25) is 0 Å². The van der Waals surface area contributed by atoms with E-state index in [4.69, 9.17) is 14.2 Å². The molecule has 2 aromatic rings. The molecular weight excluding hydrogens is 578 g/mol. The fraction of sp³-hybridized carbons (Fsp3) is 0.706. The van der Waals surface area contributed by atoms with Crippen molar-refractivity contribution in [3.05, 3.63) is 40.1 Å². The molecule has 2 heterocycles. The Bertz CT molecular complexity index is 1060. The van der Waals surface area contributed by atoms with Gasteiger partial charge in [-0.05, 0) is 19.4 Å². The fourth-order valence-corrected chi connectivity index (χ4v) is 5.64. The number of hydrogen-bond donors (Lipinski definition) is 1. The molecule has 1 unspecified atom stereocenters. The zero-order chi connectivity index (χ0) is 31.8. The van der Waals surface area contributed by atoms with Crippen LogP contribution in [0.2, 0.25) is 0 Å². The number of Topliss-reactive ketones (excluding diaryl/α,β-unsaturated/α-hetero) is 1. The van der Waals surface area contributed by atoms with Gasteiger partial charge in [-0.1, -0.05) is 103 Å². The van der Waals surface area contributed by atoms with Crippen LogP contribution in [0.4, 0.5) is 9.59 Å². The normalized spacial score (nSPS) is 11.8. The number of ketones is 1. The van der Waals surface area contributed by atoms with E-state index in [1.807, 2.05) is 5.38 Å². The number of unbranched alkanes of at least 4 members (excludes halogenated alkanes) is 15. The van der Waals surface area contributed by atoms with Gasteiger partial charge < -0.3 is 19.5 Å². The van der Waals surface area contributed by atoms with Gasteiger partial charge in [0.1, 0.15) is 19.3 Å². The first-order valence-corrected chi connectivity index (χ1v) is 17.5. The molecule has 9 nitrogen and oxygen atoms in total. The Hall–Kier alpha value is -2.72. The monoisotopic (exact) mass is 633 g/mol. The minimum atomic E-state index is -0.640. The quantitative estimate of drug-likeness (QED) is 0.0860. The lowest BCUT2D eigenvalue weighted by Crippen LogP contribution is -2.32. The maximum absolute atomic E-state index is 12.8. The minimum absolute atomic E-state index is 0.0507. The summed E-state index contributed by atoms with van der Waals surface area (Å²) in [6.45, 7) is 4.13. The number of thiazole rings is 1. The second kappa shape index (κ2) is 23.6. The van der Waals surface area contributed by atoms with Gasteiger partial charge in [0.25, 0.3) is 0 Å². The minimum Gasteiger partial charge on any atom is -0.447 e. The second-order valence-electron chi connectivity index (χ2n) is 11.5. The van der Waals surface area contributed by atoms with Crippen molar-refractivity contribution in [2.24, 2.45) is 0 Å². The Balaban J connectivity index is 1.50. The van der Waals surface area contributed by atoms with Crippen LogP contribution < -0.4 is 5.32 Å². The number of rotatable bonds is 25. The van der Waals surface area contributed by atoms with E-state index < -0.39 is 18.3 Å². The summed E-state index contributed by atoms with van der Waals surface area (Å²) in [5.74, 6) is -0.147. The first kappa shape index (κ1) is 37.5. The number of hydrogen-bond acceptors (Lipinski definition) is 8. The third kappa shape index (κ3) is 16.4. The molecule has 0 aliphatic carbocycles. The zero-order valence-corrected chi connectivity index (χ0v) is 28.1. The van der Waals surface area contributed by atoms with Gasteiger partial charge in [0, 0.05) is 49.1 Å². The highest BCUT2D eigenvalue weighted by atomic mass is 32.1. The van der Waals surface area contributed by atoms with Crippen LogP contribution in [0, 0.1) is 0 Å². The van der Waals surface area contributed by atoms with Gasteiger partial charge in [-0.25, -0.2) is 14.6 Å². The largest absolute Gasteiger partial charge is 0.447 e. The number of methoxy groups -OCH3 is 1. The summed E-state index contributed by atoms with van der Waals surface area (Å²) < 4.78 is 17.3. The van der Waals surface area contributed by atoms with Crippen LogP contribution in [0.5, 0.6) is 0 Å². The maximum atomic E-state index is 12.8. The first-order valence-electron chi connectivity index (χ1n) is 16.7. The Kier molecular flexibility index (Phi) is 20.1. The second-order valence-corrected chi connectivity index (χ2v) is 12.5. The van der Waals surface area contributed by atoms with Crippen LogP contribution >= 0.6 is 11.3 Å². The van der Waals surface area contributed by atoms with Crippen LogP contribution in [0.15, 0.2) is 23.8 Å². The van der Waals surface area contributed by atoms with Crippen molar-refractivity contribution in [3.63, 3.8) is 0 Å². The first-order chi connectivity index (χ1) is 21.4. The molecular formula is C34H55N3O6S. The Labute approximate surface area is 268 Å². The van der Waals surface area contributed by atoms with E-state index in [9.17, 15) is 14.4 Å². The predicted molar refractivity (Wildman–Crippen MR) is 176 cm³/mol. The third-order valence-electron chi connectivity index (χ3n) is 7.74. The number of alkyl carbamates (subject to hydrolysis) is 1. The lowest BCUT2D eigenvalue weighted by atomic mass is 10.0. The van der Waals surface area contributed by atoms with Crippen molar-refractivity contribution < 1.29 is 28.6 Å². The molecule has 1 atom stereocenters. The number of nitrogens with zero attached hydrogens (tertiary/aromatic N) is 2. The van der Waals surface area contributed by atoms with E-state index in [1.165, 1.54) is 126 Å². The van der Waals surface area contributed by atoms with Crippen LogP contribution in [-0.2, 0) is 20.6 Å². The van der Waals surface area contributed by atoms with E-state index in [0.29, 0.717) is 24.2 Å². The smallest absolute Gasteiger partial charge is 0.418 e. The molecule has 0 radical (unpaired) electrons. The summed E-state index contributed by atoms with van der Waals surface area (Å²) >= 11 is 1.47. The molecule has 2 aromatic heterocycles. The molecule has 0 bridgehead atoms. The Morgan fingerprint density at radius 2 is 1.43 bits per heavy atom. The highest BCUT2D eigenvalue weighted by Crippen LogP contribution is 2.17. The van der Waals surface area contributed by atoms with Gasteiger partial charge in [-0.2, -0.15) is 0 Å². The van der Waals surface area contributed by atoms with Gasteiger partial charge in [-0.15, -0.1) is 11.3 Å². The maximum Gasteiger partial charge on any atom is 0.418 e. The highest BCUT2D eigenvalue weighted by Gasteiger charge is 2.19. The number of aromatic nitrogens is 2. The highest BCUT2D eigenvalue weighted by molar-refractivity contribution is 7.09. The van der Waals surface area contributed by atoms with Crippen LogP contribution in [0.3, 0.4) is 0 Å². The molecule has 44 heavy (non-hydrogen) atoms. The number of ether oxygens (including phenoxy) is 3. The molecule has 0 aliphatic rings. The van der Waals surface area contributed by atoms with E-state index in [-0.39, 0.29) is 19.0 Å². The van der Waals surface area contributed by atoms with Crippen molar-refractivity contribution >= 4 is 29.3 Å². The van der Waals surface area contributed by atoms with Crippen molar-refractivity contribution in [2.45, 2.75) is 129 Å². The molecule has 248 valence electrons. The summed E-state index contributed by atoms with van der Waals surface area (Å²) in [4.78, 5) is 41.1. The summed E-state index contributed by atoms with van der Waals surface area (Å²) in [6.07, 6.45) is 22.7. The Morgan fingerprint density at radius 1 is 0.864 bits per heavy atom. The molecule has 0 saturated carbocycles. The molecule has 0 fully saturated rings. The average molecular weight is 634 g/mol. The molecule has 1 N–H and O–H groups in total. The SMILES string of the molecule is CCCCCCCCCCCCCCCCCCNC(=O)OCC(COC(=O)n1cc(C(C)=O)cc1Cc1nccs1)OC. The molecule has 1 amide bonds. The molecule has 0 aromatic carbocycles. The van der Waals surface area contributed by atoms with Crippen molar-refractivity contribution in [1.82, 2.24) is 14.9 Å². The molecule has 0 saturated heterocycles. The van der Waals surface area contributed by atoms with Crippen LogP contribution in [-0.4, -0.2) is 60.5 Å². The predicted octanol–water partition coefficient (Wildman–Crippen LogP) is 8.73. The fourth-order valence-electron chi connectivity index (χ4n) is 5.00. The van der Waals surface area contributed by atoms with Crippen LogP contribution in [0.25, 0.3) is 0 Å². The average Bonchev–Trinajstić information content (AvgIpc) is 3.69. The summed E-state index contributed by atoms with van der Waals surface area (Å²) in [5.41, 5.74) is 1.02. The van der Waals surface area contributed by atoms with Gasteiger partial charge >= 0.3 is 12.2 Å². The van der Waals surface area contributed by atoms with Crippen molar-refractivity contribution in [2.75, 3.05) is 26.9 Å². The van der Waals surface area contributed by atoms with Gasteiger partial charge in [0.05, 0.1) is 5.01 Å².